The van der Waals surface area contributed by atoms with Gasteiger partial charge in [0.2, 0.25) is 10.0 Å². The van der Waals surface area contributed by atoms with Crippen LogP contribution in [0.5, 0.6) is 5.75 Å². The molecule has 0 aromatic heterocycles. The molecule has 9 heteroatoms. The zero-order valence-electron chi connectivity index (χ0n) is 19.0. The number of sulfonamides is 1. The van der Waals surface area contributed by atoms with Crippen LogP contribution >= 0.6 is 0 Å². The molecule has 172 valence electrons. The van der Waals surface area contributed by atoms with Crippen molar-refractivity contribution in [1.82, 2.24) is 9.21 Å². The highest BCUT2D eigenvalue weighted by atomic mass is 32.2. The van der Waals surface area contributed by atoms with Gasteiger partial charge in [-0.1, -0.05) is 32.0 Å². The highest BCUT2D eigenvalue weighted by molar-refractivity contribution is 7.89. The fraction of sp³-hybridized carbons (Fsp3) is 0.391. The first-order valence-electron chi connectivity index (χ1n) is 10.5. The Morgan fingerprint density at radius 2 is 1.75 bits per heavy atom. The monoisotopic (exact) mass is 459 g/mol. The third kappa shape index (κ3) is 4.35. The van der Waals surface area contributed by atoms with E-state index in [1.165, 1.54) is 26.2 Å². The van der Waals surface area contributed by atoms with Crippen molar-refractivity contribution in [3.63, 3.8) is 0 Å². The van der Waals surface area contributed by atoms with Crippen LogP contribution in [0.4, 0.5) is 5.69 Å². The van der Waals surface area contributed by atoms with Gasteiger partial charge in [0.05, 0.1) is 17.1 Å². The van der Waals surface area contributed by atoms with Crippen molar-refractivity contribution in [3.8, 4) is 5.75 Å². The molecule has 0 N–H and O–H groups in total. The smallest absolute Gasteiger partial charge is 0.265 e. The van der Waals surface area contributed by atoms with Gasteiger partial charge in [0, 0.05) is 32.7 Å². The standard InChI is InChI=1S/C23H29N3O5S/c1-6-25(7-2)32(29,30)17-13-12-16(3)18(14-17)22(27)26-15-21(23(28)24(4)5)31-20-11-9-8-10-19(20)26/h8-14,21H,6-7,15H2,1-5H3/t21-/m0/s1. The van der Waals surface area contributed by atoms with Crippen LogP contribution in [0.3, 0.4) is 0 Å². The molecule has 0 bridgehead atoms. The lowest BCUT2D eigenvalue weighted by molar-refractivity contribution is -0.135. The highest BCUT2D eigenvalue weighted by Crippen LogP contribution is 2.35. The van der Waals surface area contributed by atoms with Crippen molar-refractivity contribution >= 4 is 27.5 Å². The number of carbonyl (C=O) groups excluding carboxylic acids is 2. The Morgan fingerprint density at radius 3 is 2.38 bits per heavy atom. The molecule has 1 aliphatic rings. The van der Waals surface area contributed by atoms with E-state index in [1.54, 1.807) is 65.2 Å². The molecule has 32 heavy (non-hydrogen) atoms. The molecule has 0 aliphatic carbocycles. The molecule has 0 saturated carbocycles. The summed E-state index contributed by atoms with van der Waals surface area (Å²) in [5.74, 6) is -0.213. The average Bonchev–Trinajstić information content (AvgIpc) is 2.78. The van der Waals surface area contributed by atoms with Gasteiger partial charge in [-0.15, -0.1) is 0 Å². The fourth-order valence-electron chi connectivity index (χ4n) is 3.69. The number of anilines is 1. The summed E-state index contributed by atoms with van der Waals surface area (Å²) in [6.45, 7) is 6.00. The number of hydrogen-bond acceptors (Lipinski definition) is 5. The molecule has 0 fully saturated rings. The summed E-state index contributed by atoms with van der Waals surface area (Å²) < 4.78 is 33.2. The number of amides is 2. The van der Waals surface area contributed by atoms with Crippen molar-refractivity contribution < 1.29 is 22.7 Å². The number of carbonyl (C=O) groups is 2. The first kappa shape index (κ1) is 23.7. The van der Waals surface area contributed by atoms with Crippen molar-refractivity contribution in [2.45, 2.75) is 31.8 Å². The lowest BCUT2D eigenvalue weighted by Gasteiger charge is -2.35. The third-order valence-corrected chi connectivity index (χ3v) is 7.56. The van der Waals surface area contributed by atoms with Gasteiger partial charge in [0.15, 0.2) is 6.10 Å². The van der Waals surface area contributed by atoms with Gasteiger partial charge in [-0.25, -0.2) is 8.42 Å². The van der Waals surface area contributed by atoms with Crippen molar-refractivity contribution in [3.05, 3.63) is 53.6 Å². The second kappa shape index (κ2) is 9.30. The summed E-state index contributed by atoms with van der Waals surface area (Å²) in [5.41, 5.74) is 1.45. The lowest BCUT2D eigenvalue weighted by atomic mass is 10.1. The summed E-state index contributed by atoms with van der Waals surface area (Å²) in [4.78, 5) is 29.2. The zero-order chi connectivity index (χ0) is 23.6. The predicted molar refractivity (Wildman–Crippen MR) is 123 cm³/mol. The number of benzene rings is 2. The molecule has 8 nitrogen and oxygen atoms in total. The molecule has 1 atom stereocenters. The number of ether oxygens (including phenoxy) is 1. The third-order valence-electron chi connectivity index (χ3n) is 5.52. The number of para-hydroxylation sites is 2. The van der Waals surface area contributed by atoms with Crippen LogP contribution in [0, 0.1) is 6.92 Å². The maximum Gasteiger partial charge on any atom is 0.265 e. The second-order valence-electron chi connectivity index (χ2n) is 7.79. The van der Waals surface area contributed by atoms with Crippen molar-refractivity contribution in [2.24, 2.45) is 0 Å². The van der Waals surface area contributed by atoms with Gasteiger partial charge in [0.1, 0.15) is 5.75 Å². The molecule has 2 aromatic rings. The molecule has 3 rings (SSSR count). The molecular formula is C23H29N3O5S. The maximum absolute atomic E-state index is 13.6. The minimum absolute atomic E-state index is 0.0271. The Labute approximate surface area is 189 Å². The SMILES string of the molecule is CCN(CC)S(=O)(=O)c1ccc(C)c(C(=O)N2C[C@@H](C(=O)N(C)C)Oc3ccccc32)c1. The van der Waals surface area contributed by atoms with Crippen molar-refractivity contribution in [2.75, 3.05) is 38.6 Å². The molecule has 2 amide bonds. The first-order valence-corrected chi connectivity index (χ1v) is 11.9. The van der Waals surface area contributed by atoms with E-state index in [-0.39, 0.29) is 28.8 Å². The molecule has 2 aromatic carbocycles. The predicted octanol–water partition coefficient (Wildman–Crippen LogP) is 2.52. The summed E-state index contributed by atoms with van der Waals surface area (Å²) >= 11 is 0. The molecule has 0 unspecified atom stereocenters. The van der Waals surface area contributed by atoms with Gasteiger partial charge in [0.25, 0.3) is 11.8 Å². The zero-order valence-corrected chi connectivity index (χ0v) is 19.8. The van der Waals surface area contributed by atoms with E-state index in [1.807, 2.05) is 0 Å². The molecule has 0 radical (unpaired) electrons. The molecular weight excluding hydrogens is 430 g/mol. The Kier molecular flexibility index (Phi) is 6.90. The summed E-state index contributed by atoms with van der Waals surface area (Å²) in [6.07, 6.45) is -0.855. The summed E-state index contributed by atoms with van der Waals surface area (Å²) in [6, 6.07) is 11.6. The number of aryl methyl sites for hydroxylation is 1. The van der Waals surface area contributed by atoms with Crippen molar-refractivity contribution in [1.29, 1.82) is 0 Å². The van der Waals surface area contributed by atoms with Crippen LogP contribution < -0.4 is 9.64 Å². The molecule has 0 saturated heterocycles. The van der Waals surface area contributed by atoms with Crippen LogP contribution in [0.2, 0.25) is 0 Å². The van der Waals surface area contributed by atoms with Gasteiger partial charge in [-0.05, 0) is 36.8 Å². The Morgan fingerprint density at radius 1 is 1.09 bits per heavy atom. The first-order chi connectivity index (χ1) is 15.1. The van der Waals surface area contributed by atoms with E-state index < -0.39 is 16.1 Å². The van der Waals surface area contributed by atoms with E-state index in [2.05, 4.69) is 0 Å². The number of nitrogens with zero attached hydrogens (tertiary/aromatic N) is 3. The normalized spacial score (nSPS) is 15.8. The minimum atomic E-state index is -3.72. The Balaban J connectivity index is 2.05. The van der Waals surface area contributed by atoms with Gasteiger partial charge in [-0.3, -0.25) is 9.59 Å². The average molecular weight is 460 g/mol. The van der Waals surface area contributed by atoms with Crippen LogP contribution in [0.25, 0.3) is 0 Å². The summed E-state index contributed by atoms with van der Waals surface area (Å²) in [5, 5.41) is 0. The van der Waals surface area contributed by atoms with Crippen LogP contribution in [-0.2, 0) is 14.8 Å². The van der Waals surface area contributed by atoms with Gasteiger partial charge in [-0.2, -0.15) is 4.31 Å². The molecule has 1 heterocycles. The molecule has 1 aliphatic heterocycles. The van der Waals surface area contributed by atoms with Gasteiger partial charge >= 0.3 is 0 Å². The molecule has 0 spiro atoms. The fourth-order valence-corrected chi connectivity index (χ4v) is 5.18. The quantitative estimate of drug-likeness (QED) is 0.663. The van der Waals surface area contributed by atoms with E-state index in [4.69, 9.17) is 4.74 Å². The van der Waals surface area contributed by atoms with Crippen LogP contribution in [-0.4, -0.2) is 69.3 Å². The lowest BCUT2D eigenvalue weighted by Crippen LogP contribution is -2.50. The number of rotatable bonds is 6. The Hall–Kier alpha value is -2.91. The number of hydrogen-bond donors (Lipinski definition) is 0. The van der Waals surface area contributed by atoms with E-state index >= 15 is 0 Å². The van der Waals surface area contributed by atoms with E-state index in [9.17, 15) is 18.0 Å². The second-order valence-corrected chi connectivity index (χ2v) is 9.73. The van der Waals surface area contributed by atoms with Crippen LogP contribution in [0.15, 0.2) is 47.4 Å². The Bertz CT molecular complexity index is 1130. The number of likely N-dealkylation sites (N-methyl/N-ethyl adjacent to an activating group) is 1. The maximum atomic E-state index is 13.6. The largest absolute Gasteiger partial charge is 0.476 e. The topological polar surface area (TPSA) is 87.2 Å². The minimum Gasteiger partial charge on any atom is -0.476 e. The summed E-state index contributed by atoms with van der Waals surface area (Å²) in [7, 11) is -0.465. The number of fused-ring (bicyclic) bond motifs is 1. The van der Waals surface area contributed by atoms with Crippen LogP contribution in [0.1, 0.15) is 29.8 Å². The van der Waals surface area contributed by atoms with E-state index in [0.29, 0.717) is 30.1 Å². The van der Waals surface area contributed by atoms with E-state index in [0.717, 1.165) is 0 Å². The van der Waals surface area contributed by atoms with Gasteiger partial charge < -0.3 is 14.5 Å². The highest BCUT2D eigenvalue weighted by Gasteiger charge is 2.35.